The van der Waals surface area contributed by atoms with Crippen molar-refractivity contribution in [3.63, 3.8) is 0 Å². The largest absolute Gasteiger partial charge is 0.481 e. The number of carboxylic acids is 1. The van der Waals surface area contributed by atoms with Crippen LogP contribution in [0.15, 0.2) is 6.07 Å². The van der Waals surface area contributed by atoms with Crippen molar-refractivity contribution < 1.29 is 9.90 Å². The van der Waals surface area contributed by atoms with E-state index in [1.54, 1.807) is 0 Å². The van der Waals surface area contributed by atoms with Crippen molar-refractivity contribution in [1.82, 2.24) is 0 Å². The van der Waals surface area contributed by atoms with Gasteiger partial charge in [-0.2, -0.15) is 0 Å². The fraction of sp³-hybridized carbons (Fsp3) is 0.400. The van der Waals surface area contributed by atoms with Crippen LogP contribution in [0.25, 0.3) is 0 Å². The number of hydrogen-bond acceptors (Lipinski definition) is 3. The van der Waals surface area contributed by atoms with Gasteiger partial charge in [0.25, 0.3) is 0 Å². The number of carboxylic acid groups (broad SMARTS) is 1. The molecule has 6 heteroatoms. The minimum absolute atomic E-state index is 0. The number of rotatable bonds is 2. The molecule has 1 aromatic heterocycles. The second-order valence-electron chi connectivity index (χ2n) is 3.75. The van der Waals surface area contributed by atoms with Gasteiger partial charge >= 0.3 is 5.97 Å². The number of halogens is 1. The fourth-order valence-corrected chi connectivity index (χ4v) is 3.00. The Morgan fingerprint density at radius 3 is 2.88 bits per heavy atom. The first-order chi connectivity index (χ1) is 7.08. The van der Waals surface area contributed by atoms with Crippen LogP contribution >= 0.6 is 23.7 Å². The monoisotopic (exact) mass is 260 g/mol. The van der Waals surface area contributed by atoms with Gasteiger partial charge in [0, 0.05) is 4.88 Å². The molecule has 1 aliphatic carbocycles. The normalized spacial score (nSPS) is 18.4. The zero-order valence-corrected chi connectivity index (χ0v) is 10.2. The van der Waals surface area contributed by atoms with Crippen molar-refractivity contribution in [2.45, 2.75) is 19.3 Å². The number of aliphatic carboxylic acids is 1. The first-order valence-corrected chi connectivity index (χ1v) is 5.58. The smallest absolute Gasteiger partial charge is 0.306 e. The number of fused-ring (bicyclic) bond motifs is 1. The highest BCUT2D eigenvalue weighted by atomic mass is 35.5. The molecule has 0 aliphatic heterocycles. The lowest BCUT2D eigenvalue weighted by molar-refractivity contribution is -0.142. The Morgan fingerprint density at radius 1 is 1.62 bits per heavy atom. The molecule has 2 rings (SSSR count). The highest BCUT2D eigenvalue weighted by Gasteiger charge is 2.26. The Kier molecular flexibility index (Phi) is 3.93. The summed E-state index contributed by atoms with van der Waals surface area (Å²) in [5.74, 6) is -0.921. The van der Waals surface area contributed by atoms with E-state index in [0.717, 1.165) is 16.2 Å². The average Bonchev–Trinajstić information content (AvgIpc) is 2.59. The van der Waals surface area contributed by atoms with Crippen LogP contribution in [0, 0.1) is 11.3 Å². The molecule has 88 valence electrons. The van der Waals surface area contributed by atoms with Crippen LogP contribution in [-0.2, 0) is 17.6 Å². The Balaban J connectivity index is 0.00000128. The molecule has 0 spiro atoms. The van der Waals surface area contributed by atoms with E-state index < -0.39 is 5.97 Å². The van der Waals surface area contributed by atoms with Crippen LogP contribution in [0.1, 0.15) is 21.7 Å². The summed E-state index contributed by atoms with van der Waals surface area (Å²) in [5, 5.41) is 16.2. The van der Waals surface area contributed by atoms with Crippen molar-refractivity contribution >= 4 is 35.5 Å². The zero-order chi connectivity index (χ0) is 11.0. The summed E-state index contributed by atoms with van der Waals surface area (Å²) in [5.41, 5.74) is 6.57. The van der Waals surface area contributed by atoms with E-state index in [0.29, 0.717) is 12.8 Å². The molecule has 1 atom stereocenters. The molecular weight excluding hydrogens is 248 g/mol. The van der Waals surface area contributed by atoms with E-state index in [4.69, 9.17) is 16.2 Å². The molecule has 1 unspecified atom stereocenters. The van der Waals surface area contributed by atoms with Gasteiger partial charge in [-0.1, -0.05) is 0 Å². The SMILES string of the molecule is Cl.N=C(N)c1cc2c(s1)CC(C(=O)O)CC2. The third-order valence-corrected chi connectivity index (χ3v) is 3.94. The Morgan fingerprint density at radius 2 is 2.31 bits per heavy atom. The number of nitrogen functional groups attached to an aromatic ring is 1. The first kappa shape index (κ1) is 13.0. The maximum atomic E-state index is 10.8. The highest BCUT2D eigenvalue weighted by Crippen LogP contribution is 2.32. The summed E-state index contributed by atoms with van der Waals surface area (Å²) in [6, 6.07) is 1.92. The number of aryl methyl sites for hydroxylation is 1. The van der Waals surface area contributed by atoms with Gasteiger partial charge in [-0.05, 0) is 30.9 Å². The van der Waals surface area contributed by atoms with Crippen molar-refractivity contribution in [1.29, 1.82) is 5.41 Å². The molecule has 16 heavy (non-hydrogen) atoms. The maximum Gasteiger partial charge on any atom is 0.306 e. The number of thiophene rings is 1. The van der Waals surface area contributed by atoms with Crippen LogP contribution in [0.4, 0.5) is 0 Å². The maximum absolute atomic E-state index is 10.8. The van der Waals surface area contributed by atoms with Crippen LogP contribution in [0.3, 0.4) is 0 Å². The minimum atomic E-state index is -0.724. The molecule has 1 heterocycles. The van der Waals surface area contributed by atoms with Crippen LogP contribution in [0.5, 0.6) is 0 Å². The second kappa shape index (κ2) is 4.84. The summed E-state index contributed by atoms with van der Waals surface area (Å²) in [6.45, 7) is 0. The minimum Gasteiger partial charge on any atom is -0.481 e. The topological polar surface area (TPSA) is 87.2 Å². The van der Waals surface area contributed by atoms with Gasteiger partial charge in [0.1, 0.15) is 5.84 Å². The number of nitrogens with two attached hydrogens (primary N) is 1. The van der Waals surface area contributed by atoms with Gasteiger partial charge in [0.15, 0.2) is 0 Å². The molecule has 0 radical (unpaired) electrons. The molecule has 4 nitrogen and oxygen atoms in total. The third-order valence-electron chi connectivity index (χ3n) is 2.71. The van der Waals surface area contributed by atoms with Gasteiger partial charge in [0.2, 0.25) is 0 Å². The fourth-order valence-electron chi connectivity index (χ4n) is 1.85. The molecule has 0 aromatic carbocycles. The van der Waals surface area contributed by atoms with E-state index in [2.05, 4.69) is 0 Å². The Bertz CT molecular complexity index is 430. The van der Waals surface area contributed by atoms with E-state index in [9.17, 15) is 4.79 Å². The van der Waals surface area contributed by atoms with Crippen molar-refractivity contribution in [2.24, 2.45) is 11.7 Å². The number of amidine groups is 1. The molecule has 0 saturated carbocycles. The predicted octanol–water partition coefficient (Wildman–Crippen LogP) is 1.64. The van der Waals surface area contributed by atoms with E-state index in [-0.39, 0.29) is 24.2 Å². The van der Waals surface area contributed by atoms with Crippen molar-refractivity contribution in [2.75, 3.05) is 0 Å². The lowest BCUT2D eigenvalue weighted by Crippen LogP contribution is -2.20. The van der Waals surface area contributed by atoms with Gasteiger partial charge in [-0.3, -0.25) is 10.2 Å². The van der Waals surface area contributed by atoms with Gasteiger partial charge in [0.05, 0.1) is 10.8 Å². The number of nitrogens with one attached hydrogen (secondary N) is 1. The van der Waals surface area contributed by atoms with E-state index in [1.807, 2.05) is 6.07 Å². The molecule has 0 amide bonds. The molecular formula is C10H13ClN2O2S. The quantitative estimate of drug-likeness (QED) is 0.558. The molecule has 1 aromatic rings. The lowest BCUT2D eigenvalue weighted by atomic mass is 9.89. The third kappa shape index (κ3) is 2.36. The molecule has 1 aliphatic rings. The van der Waals surface area contributed by atoms with E-state index >= 15 is 0 Å². The lowest BCUT2D eigenvalue weighted by Gasteiger charge is -2.17. The highest BCUT2D eigenvalue weighted by molar-refractivity contribution is 7.14. The van der Waals surface area contributed by atoms with Crippen LogP contribution < -0.4 is 5.73 Å². The molecule has 0 bridgehead atoms. The molecule has 0 saturated heterocycles. The number of carbonyl (C=O) groups is 1. The Hall–Kier alpha value is -1.07. The summed E-state index contributed by atoms with van der Waals surface area (Å²) >= 11 is 1.45. The van der Waals surface area contributed by atoms with Crippen molar-refractivity contribution in [3.05, 3.63) is 21.4 Å². The van der Waals surface area contributed by atoms with E-state index in [1.165, 1.54) is 16.9 Å². The molecule has 4 N–H and O–H groups in total. The second-order valence-corrected chi connectivity index (χ2v) is 4.89. The summed E-state index contributed by atoms with van der Waals surface area (Å²) in [7, 11) is 0. The average molecular weight is 261 g/mol. The zero-order valence-electron chi connectivity index (χ0n) is 8.53. The summed E-state index contributed by atoms with van der Waals surface area (Å²) < 4.78 is 0. The van der Waals surface area contributed by atoms with Crippen LogP contribution in [-0.4, -0.2) is 16.9 Å². The predicted molar refractivity (Wildman–Crippen MR) is 65.7 cm³/mol. The first-order valence-electron chi connectivity index (χ1n) is 4.76. The summed E-state index contributed by atoms with van der Waals surface area (Å²) in [6.07, 6.45) is 2.06. The van der Waals surface area contributed by atoms with Gasteiger partial charge in [-0.15, -0.1) is 23.7 Å². The van der Waals surface area contributed by atoms with Gasteiger partial charge < -0.3 is 10.8 Å². The number of hydrogen-bond donors (Lipinski definition) is 3. The summed E-state index contributed by atoms with van der Waals surface area (Å²) in [4.78, 5) is 12.7. The van der Waals surface area contributed by atoms with Crippen LogP contribution in [0.2, 0.25) is 0 Å². The van der Waals surface area contributed by atoms with Crippen molar-refractivity contribution in [3.8, 4) is 0 Å². The standard InChI is InChI=1S/C10H12N2O2S.ClH/c11-9(12)8-3-5-1-2-6(10(13)14)4-7(5)15-8;/h3,6H,1-2,4H2,(H3,11,12)(H,13,14);1H. The van der Waals surface area contributed by atoms with Gasteiger partial charge in [-0.25, -0.2) is 0 Å². The Labute approximate surface area is 103 Å². The molecule has 0 fully saturated rings.